The van der Waals surface area contributed by atoms with E-state index >= 15 is 0 Å². The summed E-state index contributed by atoms with van der Waals surface area (Å²) in [4.78, 5) is 45.2. The molecule has 0 aromatic heterocycles. The Kier molecular flexibility index (Phi) is 6.75. The van der Waals surface area contributed by atoms with Crippen LogP contribution in [0.4, 0.5) is 0 Å². The topological polar surface area (TPSA) is 127 Å². The Morgan fingerprint density at radius 1 is 1.05 bits per heavy atom. The van der Waals surface area contributed by atoms with Gasteiger partial charge in [-0.15, -0.1) is 0 Å². The van der Waals surface area contributed by atoms with Gasteiger partial charge < -0.3 is 16.2 Å². The van der Waals surface area contributed by atoms with Crippen LogP contribution in [0.5, 0.6) is 0 Å². The summed E-state index contributed by atoms with van der Waals surface area (Å²) in [7, 11) is 0. The molecule has 1 aromatic rings. The van der Waals surface area contributed by atoms with Gasteiger partial charge in [-0.05, 0) is 6.42 Å². The molecule has 0 aliphatic rings. The predicted octanol–water partition coefficient (Wildman–Crippen LogP) is 0.484. The summed E-state index contributed by atoms with van der Waals surface area (Å²) in [5, 5.41) is 11.2. The number of carbonyl (C=O) groups is 4. The molecule has 0 radical (unpaired) electrons. The monoisotopic (exact) mass is 306 g/mol. The number of nitrogens with two attached hydrogens (primary N) is 1. The maximum atomic E-state index is 11.8. The van der Waals surface area contributed by atoms with E-state index in [1.165, 1.54) is 0 Å². The van der Waals surface area contributed by atoms with Crippen LogP contribution in [0.1, 0.15) is 36.0 Å². The summed E-state index contributed by atoms with van der Waals surface area (Å²) < 4.78 is 0. The van der Waals surface area contributed by atoms with Gasteiger partial charge in [-0.1, -0.05) is 30.3 Å². The first-order valence-corrected chi connectivity index (χ1v) is 6.79. The van der Waals surface area contributed by atoms with Crippen molar-refractivity contribution in [3.05, 3.63) is 35.9 Å². The van der Waals surface area contributed by atoms with E-state index < -0.39 is 23.8 Å². The van der Waals surface area contributed by atoms with Crippen molar-refractivity contribution in [3.63, 3.8) is 0 Å². The van der Waals surface area contributed by atoms with Crippen LogP contribution in [-0.4, -0.2) is 34.7 Å². The summed E-state index contributed by atoms with van der Waals surface area (Å²) in [6.45, 7) is 0. The highest BCUT2D eigenvalue weighted by molar-refractivity contribution is 5.98. The van der Waals surface area contributed by atoms with Crippen molar-refractivity contribution in [2.24, 2.45) is 5.73 Å². The molecule has 0 saturated heterocycles. The highest BCUT2D eigenvalue weighted by atomic mass is 16.4. The zero-order chi connectivity index (χ0) is 16.5. The fourth-order valence-electron chi connectivity index (χ4n) is 1.81. The normalized spacial score (nSPS) is 11.5. The second-order valence-corrected chi connectivity index (χ2v) is 4.75. The van der Waals surface area contributed by atoms with E-state index in [1.807, 2.05) is 0 Å². The molecule has 4 N–H and O–H groups in total. The highest BCUT2D eigenvalue weighted by Gasteiger charge is 2.20. The maximum absolute atomic E-state index is 11.8. The van der Waals surface area contributed by atoms with Gasteiger partial charge in [0.05, 0.1) is 0 Å². The zero-order valence-corrected chi connectivity index (χ0v) is 12.0. The van der Waals surface area contributed by atoms with Crippen molar-refractivity contribution >= 4 is 23.6 Å². The molecule has 7 nitrogen and oxygen atoms in total. The molecule has 0 heterocycles. The van der Waals surface area contributed by atoms with Crippen molar-refractivity contribution in [2.45, 2.75) is 31.7 Å². The van der Waals surface area contributed by atoms with Crippen LogP contribution in [0.2, 0.25) is 0 Å². The molecular formula is C15H18N2O5. The van der Waals surface area contributed by atoms with Gasteiger partial charge in [0.25, 0.3) is 0 Å². The molecule has 0 fully saturated rings. The number of hydrogen-bond donors (Lipinski definition) is 3. The number of aliphatic carboxylic acids is 1. The first-order valence-electron chi connectivity index (χ1n) is 6.79. The Bertz CT molecular complexity index is 556. The number of primary amides is 1. The van der Waals surface area contributed by atoms with Crippen LogP contribution in [0.3, 0.4) is 0 Å². The van der Waals surface area contributed by atoms with E-state index in [0.717, 1.165) is 0 Å². The first-order chi connectivity index (χ1) is 10.4. The molecule has 1 aromatic carbocycles. The molecule has 7 heteroatoms. The number of carboxylic acids is 1. The molecule has 1 atom stereocenters. The van der Waals surface area contributed by atoms with Crippen molar-refractivity contribution in [2.75, 3.05) is 0 Å². The highest BCUT2D eigenvalue weighted by Crippen LogP contribution is 2.06. The summed E-state index contributed by atoms with van der Waals surface area (Å²) in [5.74, 6) is -2.63. The lowest BCUT2D eigenvalue weighted by molar-refractivity contribution is -0.142. The van der Waals surface area contributed by atoms with Gasteiger partial charge in [-0.3, -0.25) is 14.4 Å². The average Bonchev–Trinajstić information content (AvgIpc) is 2.49. The van der Waals surface area contributed by atoms with E-state index in [0.29, 0.717) is 5.56 Å². The smallest absolute Gasteiger partial charge is 0.326 e. The molecule has 0 bridgehead atoms. The van der Waals surface area contributed by atoms with Crippen LogP contribution >= 0.6 is 0 Å². The SMILES string of the molecule is NC(=O)CCC(NC(=O)CCC(=O)c1ccccc1)C(=O)O. The number of carboxylic acid groups (broad SMARTS) is 1. The second-order valence-electron chi connectivity index (χ2n) is 4.75. The Morgan fingerprint density at radius 2 is 1.68 bits per heavy atom. The molecule has 2 amide bonds. The second kappa shape index (κ2) is 8.56. The van der Waals surface area contributed by atoms with E-state index in [2.05, 4.69) is 5.32 Å². The van der Waals surface area contributed by atoms with E-state index in [1.54, 1.807) is 30.3 Å². The third-order valence-corrected chi connectivity index (χ3v) is 2.99. The lowest BCUT2D eigenvalue weighted by Crippen LogP contribution is -2.41. The number of Topliss-reactive ketones (excluding diaryl/α,β-unsaturated/α-hetero) is 1. The van der Waals surface area contributed by atoms with Crippen LogP contribution in [0.15, 0.2) is 30.3 Å². The summed E-state index contributed by atoms with van der Waals surface area (Å²) >= 11 is 0. The van der Waals surface area contributed by atoms with Gasteiger partial charge in [-0.25, -0.2) is 4.79 Å². The molecule has 22 heavy (non-hydrogen) atoms. The number of benzene rings is 1. The fourth-order valence-corrected chi connectivity index (χ4v) is 1.81. The van der Waals surface area contributed by atoms with Gasteiger partial charge in [-0.2, -0.15) is 0 Å². The number of hydrogen-bond acceptors (Lipinski definition) is 4. The van der Waals surface area contributed by atoms with Crippen molar-refractivity contribution in [1.29, 1.82) is 0 Å². The van der Waals surface area contributed by atoms with Crippen molar-refractivity contribution in [1.82, 2.24) is 5.32 Å². The molecule has 0 aliphatic carbocycles. The predicted molar refractivity (Wildman–Crippen MR) is 78.0 cm³/mol. The van der Waals surface area contributed by atoms with E-state index in [4.69, 9.17) is 10.8 Å². The van der Waals surface area contributed by atoms with Gasteiger partial charge in [0.2, 0.25) is 11.8 Å². The number of amides is 2. The summed E-state index contributed by atoms with van der Waals surface area (Å²) in [6, 6.07) is 7.32. The Hall–Kier alpha value is -2.70. The minimum Gasteiger partial charge on any atom is -0.480 e. The number of nitrogens with one attached hydrogen (secondary N) is 1. The fraction of sp³-hybridized carbons (Fsp3) is 0.333. The lowest BCUT2D eigenvalue weighted by atomic mass is 10.1. The number of rotatable bonds is 9. The molecule has 0 spiro atoms. The number of ketones is 1. The quantitative estimate of drug-likeness (QED) is 0.572. The Labute approximate surface area is 127 Å². The zero-order valence-electron chi connectivity index (χ0n) is 12.0. The summed E-state index contributed by atoms with van der Waals surface area (Å²) in [6.07, 6.45) is -0.352. The molecular weight excluding hydrogens is 288 g/mol. The maximum Gasteiger partial charge on any atom is 0.326 e. The molecule has 0 saturated carbocycles. The lowest BCUT2D eigenvalue weighted by Gasteiger charge is -2.13. The standard InChI is InChI=1S/C15H18N2O5/c16-13(19)8-6-11(15(21)22)17-14(20)9-7-12(18)10-4-2-1-3-5-10/h1-5,11H,6-9H2,(H2,16,19)(H,17,20)(H,21,22). The van der Waals surface area contributed by atoms with E-state index in [-0.39, 0.29) is 31.5 Å². The van der Waals surface area contributed by atoms with Crippen LogP contribution in [0, 0.1) is 0 Å². The minimum atomic E-state index is -1.25. The van der Waals surface area contributed by atoms with Crippen molar-refractivity contribution < 1.29 is 24.3 Å². The number of carbonyl (C=O) groups excluding carboxylic acids is 3. The first kappa shape index (κ1) is 17.4. The largest absolute Gasteiger partial charge is 0.480 e. The van der Waals surface area contributed by atoms with Gasteiger partial charge in [0.15, 0.2) is 5.78 Å². The van der Waals surface area contributed by atoms with Crippen LogP contribution in [0.25, 0.3) is 0 Å². The van der Waals surface area contributed by atoms with Gasteiger partial charge in [0, 0.05) is 24.8 Å². The molecule has 1 rings (SSSR count). The van der Waals surface area contributed by atoms with Gasteiger partial charge >= 0.3 is 5.97 Å². The van der Waals surface area contributed by atoms with E-state index in [9.17, 15) is 19.2 Å². The van der Waals surface area contributed by atoms with Crippen LogP contribution in [-0.2, 0) is 14.4 Å². The molecule has 0 aliphatic heterocycles. The summed E-state index contributed by atoms with van der Waals surface area (Å²) in [5.41, 5.74) is 5.44. The third-order valence-electron chi connectivity index (χ3n) is 2.99. The third kappa shape index (κ3) is 6.17. The molecule has 1 unspecified atom stereocenters. The van der Waals surface area contributed by atoms with Crippen LogP contribution < -0.4 is 11.1 Å². The Morgan fingerprint density at radius 3 is 2.23 bits per heavy atom. The Balaban J connectivity index is 2.45. The van der Waals surface area contributed by atoms with Crippen molar-refractivity contribution in [3.8, 4) is 0 Å². The minimum absolute atomic E-state index is 0.0159. The molecule has 118 valence electrons. The average molecular weight is 306 g/mol. The van der Waals surface area contributed by atoms with Gasteiger partial charge in [0.1, 0.15) is 6.04 Å².